The number of halogens is 1. The van der Waals surface area contributed by atoms with Crippen molar-refractivity contribution in [1.29, 1.82) is 0 Å². The summed E-state index contributed by atoms with van der Waals surface area (Å²) in [6, 6.07) is 12.2. The van der Waals surface area contributed by atoms with Gasteiger partial charge in [-0.25, -0.2) is 10.9 Å². The van der Waals surface area contributed by atoms with Gasteiger partial charge in [-0.1, -0.05) is 29.8 Å². The normalized spacial score (nSPS) is 26.9. The second-order valence-corrected chi connectivity index (χ2v) is 7.81. The molecule has 2 aliphatic rings. The van der Waals surface area contributed by atoms with Gasteiger partial charge in [0.25, 0.3) is 0 Å². The summed E-state index contributed by atoms with van der Waals surface area (Å²) >= 11 is 7.82. The number of nitrogens with one attached hydrogen (secondary N) is 2. The van der Waals surface area contributed by atoms with Crippen molar-refractivity contribution in [3.63, 3.8) is 0 Å². The monoisotopic (exact) mass is 361 g/mol. The Hall–Kier alpha value is -1.40. The van der Waals surface area contributed by atoms with Crippen molar-refractivity contribution in [2.24, 2.45) is 0 Å². The summed E-state index contributed by atoms with van der Waals surface area (Å²) in [5.41, 5.74) is 7.55. The molecule has 0 bridgehead atoms. The molecule has 2 fully saturated rings. The molecule has 0 aliphatic carbocycles. The molecule has 24 heavy (non-hydrogen) atoms. The van der Waals surface area contributed by atoms with E-state index >= 15 is 0 Å². The Bertz CT molecular complexity index is 721. The van der Waals surface area contributed by atoms with E-state index in [1.807, 2.05) is 29.2 Å². The van der Waals surface area contributed by atoms with E-state index in [0.29, 0.717) is 0 Å². The molecule has 2 aliphatic heterocycles. The number of carbonyl (C=O) groups is 1. The molecule has 2 N–H and O–H groups in total. The van der Waals surface area contributed by atoms with Gasteiger partial charge in [0.05, 0.1) is 6.04 Å². The van der Waals surface area contributed by atoms with Gasteiger partial charge in [-0.2, -0.15) is 0 Å². The molecule has 0 spiro atoms. The van der Waals surface area contributed by atoms with E-state index in [9.17, 15) is 4.79 Å². The van der Waals surface area contributed by atoms with Gasteiger partial charge in [0.1, 0.15) is 6.04 Å². The smallest absolute Gasteiger partial charge is 0.241 e. The van der Waals surface area contributed by atoms with Gasteiger partial charge >= 0.3 is 0 Å². The number of thiophene rings is 1. The van der Waals surface area contributed by atoms with Crippen LogP contribution in [-0.4, -0.2) is 23.4 Å². The summed E-state index contributed by atoms with van der Waals surface area (Å²) in [5.74, 6) is 0.197. The maximum Gasteiger partial charge on any atom is 0.241 e. The number of rotatable bonds is 3. The highest BCUT2D eigenvalue weighted by Crippen LogP contribution is 2.36. The fraction of sp³-hybridized carbons (Fsp3) is 0.389. The Morgan fingerprint density at radius 3 is 2.96 bits per heavy atom. The van der Waals surface area contributed by atoms with E-state index in [1.54, 1.807) is 11.3 Å². The van der Waals surface area contributed by atoms with Gasteiger partial charge in [-0.15, -0.1) is 11.3 Å². The molecule has 2 saturated heterocycles. The molecule has 0 radical (unpaired) electrons. The first-order valence-corrected chi connectivity index (χ1v) is 9.58. The maximum atomic E-state index is 13.0. The summed E-state index contributed by atoms with van der Waals surface area (Å²) in [7, 11) is 0. The third-order valence-corrected chi connectivity index (χ3v) is 6.07. The first-order chi connectivity index (χ1) is 11.7. The third-order valence-electron chi connectivity index (χ3n) is 4.86. The summed E-state index contributed by atoms with van der Waals surface area (Å²) in [6.07, 6.45) is 2.88. The molecule has 1 amide bonds. The second kappa shape index (κ2) is 6.84. The van der Waals surface area contributed by atoms with Gasteiger partial charge < -0.3 is 4.90 Å². The largest absolute Gasteiger partial charge is 0.333 e. The van der Waals surface area contributed by atoms with Crippen LogP contribution in [0.1, 0.15) is 41.8 Å². The van der Waals surface area contributed by atoms with Crippen molar-refractivity contribution in [3.05, 3.63) is 57.2 Å². The highest BCUT2D eigenvalue weighted by atomic mass is 35.5. The highest BCUT2D eigenvalue weighted by molar-refractivity contribution is 7.10. The first kappa shape index (κ1) is 16.1. The zero-order valence-corrected chi connectivity index (χ0v) is 14.8. The number of carbonyl (C=O) groups excluding carboxylic acids is 1. The van der Waals surface area contributed by atoms with Crippen LogP contribution in [0.25, 0.3) is 0 Å². The number of hydrogen-bond donors (Lipinski definition) is 2. The maximum absolute atomic E-state index is 13.0. The topological polar surface area (TPSA) is 44.4 Å². The van der Waals surface area contributed by atoms with Gasteiger partial charge in [0, 0.05) is 22.5 Å². The van der Waals surface area contributed by atoms with E-state index in [-0.39, 0.29) is 24.0 Å². The summed E-state index contributed by atoms with van der Waals surface area (Å²) in [6.45, 7) is 0.849. The van der Waals surface area contributed by atoms with Gasteiger partial charge in [-0.05, 0) is 48.4 Å². The Kier molecular flexibility index (Phi) is 4.59. The zero-order chi connectivity index (χ0) is 16.5. The van der Waals surface area contributed by atoms with Crippen LogP contribution < -0.4 is 10.9 Å². The Labute approximate surface area is 150 Å². The first-order valence-electron chi connectivity index (χ1n) is 8.33. The predicted molar refractivity (Wildman–Crippen MR) is 96.9 cm³/mol. The molecule has 3 atom stereocenters. The zero-order valence-electron chi connectivity index (χ0n) is 13.2. The van der Waals surface area contributed by atoms with Gasteiger partial charge in [0.15, 0.2) is 0 Å². The van der Waals surface area contributed by atoms with Crippen molar-refractivity contribution >= 4 is 28.8 Å². The van der Waals surface area contributed by atoms with Crippen LogP contribution in [-0.2, 0) is 4.79 Å². The SMILES string of the molecule is O=C(C1CC(c2cccc(Cl)c2)NN1)N1CCCC1c1cccs1. The number of amides is 1. The molecule has 1 aromatic heterocycles. The molecular formula is C18H20ClN3OS. The van der Waals surface area contributed by atoms with Crippen LogP contribution in [0.15, 0.2) is 41.8 Å². The molecule has 3 unspecified atom stereocenters. The van der Waals surface area contributed by atoms with Gasteiger partial charge in [0.2, 0.25) is 5.91 Å². The molecule has 1 aromatic carbocycles. The molecular weight excluding hydrogens is 342 g/mol. The van der Waals surface area contributed by atoms with Crippen molar-refractivity contribution in [3.8, 4) is 0 Å². The fourth-order valence-corrected chi connectivity index (χ4v) is 4.74. The van der Waals surface area contributed by atoms with Crippen LogP contribution >= 0.6 is 22.9 Å². The summed E-state index contributed by atoms with van der Waals surface area (Å²) in [5, 5.41) is 2.81. The minimum Gasteiger partial charge on any atom is -0.333 e. The van der Waals surface area contributed by atoms with E-state index in [2.05, 4.69) is 28.4 Å². The number of nitrogens with zero attached hydrogens (tertiary/aromatic N) is 1. The molecule has 3 heterocycles. The minimum absolute atomic E-state index is 0.112. The van der Waals surface area contributed by atoms with Gasteiger partial charge in [-0.3, -0.25) is 4.79 Å². The summed E-state index contributed by atoms with van der Waals surface area (Å²) < 4.78 is 0. The Morgan fingerprint density at radius 2 is 2.17 bits per heavy atom. The second-order valence-electron chi connectivity index (χ2n) is 6.39. The van der Waals surface area contributed by atoms with Crippen molar-refractivity contribution in [2.75, 3.05) is 6.54 Å². The highest BCUT2D eigenvalue weighted by Gasteiger charge is 2.38. The molecule has 0 saturated carbocycles. The lowest BCUT2D eigenvalue weighted by molar-refractivity contribution is -0.134. The van der Waals surface area contributed by atoms with Crippen molar-refractivity contribution < 1.29 is 4.79 Å². The molecule has 4 nitrogen and oxygen atoms in total. The van der Waals surface area contributed by atoms with E-state index in [4.69, 9.17) is 11.6 Å². The predicted octanol–water partition coefficient (Wildman–Crippen LogP) is 3.67. The molecule has 126 valence electrons. The lowest BCUT2D eigenvalue weighted by Gasteiger charge is -2.26. The molecule has 4 rings (SSSR count). The van der Waals surface area contributed by atoms with Crippen molar-refractivity contribution in [2.45, 2.75) is 37.4 Å². The summed E-state index contributed by atoms with van der Waals surface area (Å²) in [4.78, 5) is 16.3. The third kappa shape index (κ3) is 3.09. The van der Waals surface area contributed by atoms with Crippen LogP contribution in [0.3, 0.4) is 0 Å². The quantitative estimate of drug-likeness (QED) is 0.876. The van der Waals surface area contributed by atoms with E-state index in [0.717, 1.165) is 36.4 Å². The van der Waals surface area contributed by atoms with Crippen LogP contribution in [0.4, 0.5) is 0 Å². The lowest BCUT2D eigenvalue weighted by Crippen LogP contribution is -2.45. The van der Waals surface area contributed by atoms with Crippen molar-refractivity contribution in [1.82, 2.24) is 15.8 Å². The molecule has 2 aromatic rings. The lowest BCUT2D eigenvalue weighted by atomic mass is 10.0. The number of hydrogen-bond acceptors (Lipinski definition) is 4. The average molecular weight is 362 g/mol. The van der Waals surface area contributed by atoms with Crippen LogP contribution in [0, 0.1) is 0 Å². The van der Waals surface area contributed by atoms with Crippen LogP contribution in [0.2, 0.25) is 5.02 Å². The number of hydrazine groups is 1. The fourth-order valence-electron chi connectivity index (χ4n) is 3.67. The van der Waals surface area contributed by atoms with Crippen LogP contribution in [0.5, 0.6) is 0 Å². The Balaban J connectivity index is 1.46. The Morgan fingerprint density at radius 1 is 1.25 bits per heavy atom. The number of likely N-dealkylation sites (tertiary alicyclic amines) is 1. The van der Waals surface area contributed by atoms with E-state index in [1.165, 1.54) is 4.88 Å². The van der Waals surface area contributed by atoms with E-state index < -0.39 is 0 Å². The average Bonchev–Trinajstić information content (AvgIpc) is 3.33. The molecule has 6 heteroatoms. The minimum atomic E-state index is -0.186. The number of benzene rings is 1. The standard InChI is InChI=1S/C18H20ClN3OS/c19-13-5-1-4-12(10-13)14-11-15(21-20-14)18(23)22-8-2-6-16(22)17-7-3-9-24-17/h1,3-5,7,9-10,14-16,20-21H,2,6,8,11H2.